The maximum Gasteiger partial charge on any atom is 0.0662 e. The second-order valence-electron chi connectivity index (χ2n) is 2.65. The Hall–Kier alpha value is 0.390. The summed E-state index contributed by atoms with van der Waals surface area (Å²) in [7, 11) is 0.189. The Balaban J connectivity index is 3.26. The fourth-order valence-corrected chi connectivity index (χ4v) is 1.98. The molecule has 0 aromatic heterocycles. The van der Waals surface area contributed by atoms with E-state index in [0.29, 0.717) is 6.10 Å². The normalized spacial score (nSPS) is 11.4. The summed E-state index contributed by atoms with van der Waals surface area (Å²) >= 11 is 0. The van der Waals surface area contributed by atoms with Crippen LogP contribution in [0.25, 0.3) is 0 Å². The van der Waals surface area contributed by atoms with E-state index < -0.39 is 0 Å². The lowest BCUT2D eigenvalue weighted by atomic mass is 10.5. The first kappa shape index (κ1) is 10.4. The monoisotopic (exact) mass is 162 g/mol. The SMILES string of the molecule is CCP(CC)COC(C)C. The number of hydrogen-bond acceptors (Lipinski definition) is 1. The fraction of sp³-hybridized carbons (Fsp3) is 1.00. The first-order valence-electron chi connectivity index (χ1n) is 4.04. The standard InChI is InChI=1S/C8H19OP/c1-5-10(6-2)7-9-8(3)4/h8H,5-7H2,1-4H3. The van der Waals surface area contributed by atoms with E-state index >= 15 is 0 Å². The molecular formula is C8H19OP. The summed E-state index contributed by atoms with van der Waals surface area (Å²) in [5.41, 5.74) is 0. The zero-order valence-electron chi connectivity index (χ0n) is 7.55. The van der Waals surface area contributed by atoms with Crippen molar-refractivity contribution in [3.05, 3.63) is 0 Å². The van der Waals surface area contributed by atoms with Crippen LogP contribution in [0.5, 0.6) is 0 Å². The molecule has 0 N–H and O–H groups in total. The molecule has 0 radical (unpaired) electrons. The van der Waals surface area contributed by atoms with Crippen LogP contribution < -0.4 is 0 Å². The molecule has 0 bridgehead atoms. The third kappa shape index (κ3) is 5.20. The van der Waals surface area contributed by atoms with Crippen LogP contribution in [0.3, 0.4) is 0 Å². The molecule has 0 aliphatic rings. The summed E-state index contributed by atoms with van der Waals surface area (Å²) in [4.78, 5) is 0. The minimum atomic E-state index is 0.189. The Labute approximate surface area is 65.9 Å². The van der Waals surface area contributed by atoms with Crippen LogP contribution in [0, 0.1) is 0 Å². The van der Waals surface area contributed by atoms with Gasteiger partial charge in [-0.25, -0.2) is 0 Å². The number of hydrogen-bond donors (Lipinski definition) is 0. The van der Waals surface area contributed by atoms with Crippen LogP contribution in [0.15, 0.2) is 0 Å². The number of ether oxygens (including phenoxy) is 1. The van der Waals surface area contributed by atoms with Gasteiger partial charge in [0.15, 0.2) is 0 Å². The molecule has 0 aromatic carbocycles. The molecule has 0 saturated heterocycles. The highest BCUT2D eigenvalue weighted by atomic mass is 31.1. The van der Waals surface area contributed by atoms with Gasteiger partial charge in [-0.2, -0.15) is 0 Å². The van der Waals surface area contributed by atoms with E-state index in [0.717, 1.165) is 6.35 Å². The van der Waals surface area contributed by atoms with E-state index in [1.807, 2.05) is 0 Å². The molecule has 10 heavy (non-hydrogen) atoms. The molecule has 0 heterocycles. The van der Waals surface area contributed by atoms with Gasteiger partial charge in [0.05, 0.1) is 12.5 Å². The topological polar surface area (TPSA) is 9.23 Å². The van der Waals surface area contributed by atoms with E-state index in [1.165, 1.54) is 12.3 Å². The van der Waals surface area contributed by atoms with Crippen molar-refractivity contribution in [2.75, 3.05) is 18.7 Å². The fourth-order valence-electron chi connectivity index (χ4n) is 0.661. The minimum absolute atomic E-state index is 0.189. The maximum atomic E-state index is 5.51. The van der Waals surface area contributed by atoms with Crippen LogP contribution >= 0.6 is 7.92 Å². The van der Waals surface area contributed by atoms with Gasteiger partial charge in [0.1, 0.15) is 0 Å². The molecule has 0 saturated carbocycles. The average Bonchev–Trinajstić information content (AvgIpc) is 1.90. The van der Waals surface area contributed by atoms with E-state index in [1.54, 1.807) is 0 Å². The van der Waals surface area contributed by atoms with Crippen molar-refractivity contribution in [1.29, 1.82) is 0 Å². The summed E-state index contributed by atoms with van der Waals surface area (Å²) in [6.45, 7) is 8.69. The second kappa shape index (κ2) is 6.12. The molecule has 1 nitrogen and oxygen atoms in total. The third-order valence-corrected chi connectivity index (χ3v) is 3.79. The average molecular weight is 162 g/mol. The Bertz CT molecular complexity index is 69.7. The molecule has 0 aliphatic heterocycles. The Morgan fingerprint density at radius 3 is 2.00 bits per heavy atom. The summed E-state index contributed by atoms with van der Waals surface area (Å²) in [6, 6.07) is 0. The number of rotatable bonds is 5. The van der Waals surface area contributed by atoms with Crippen molar-refractivity contribution >= 4 is 7.92 Å². The molecule has 0 aliphatic carbocycles. The summed E-state index contributed by atoms with van der Waals surface area (Å²) in [5, 5.41) is 0. The minimum Gasteiger partial charge on any atom is -0.374 e. The van der Waals surface area contributed by atoms with Gasteiger partial charge in [-0.15, -0.1) is 0 Å². The lowest BCUT2D eigenvalue weighted by molar-refractivity contribution is 0.117. The van der Waals surface area contributed by atoms with Crippen molar-refractivity contribution in [3.63, 3.8) is 0 Å². The quantitative estimate of drug-likeness (QED) is 0.565. The highest BCUT2D eigenvalue weighted by Crippen LogP contribution is 2.33. The van der Waals surface area contributed by atoms with Crippen molar-refractivity contribution < 1.29 is 4.74 Å². The van der Waals surface area contributed by atoms with Crippen LogP contribution in [0.1, 0.15) is 27.7 Å². The zero-order chi connectivity index (χ0) is 7.98. The molecule has 0 aromatic rings. The molecule has 0 fully saturated rings. The van der Waals surface area contributed by atoms with Crippen molar-refractivity contribution in [2.45, 2.75) is 33.8 Å². The van der Waals surface area contributed by atoms with Crippen molar-refractivity contribution in [2.24, 2.45) is 0 Å². The lowest BCUT2D eigenvalue weighted by Gasteiger charge is -2.15. The Kier molecular flexibility index (Phi) is 6.36. The van der Waals surface area contributed by atoms with Crippen LogP contribution in [-0.4, -0.2) is 24.8 Å². The molecule has 0 amide bonds. The van der Waals surface area contributed by atoms with Crippen LogP contribution in [0.2, 0.25) is 0 Å². The molecule has 0 atom stereocenters. The highest BCUT2D eigenvalue weighted by Gasteiger charge is 2.02. The van der Waals surface area contributed by atoms with Gasteiger partial charge in [0.25, 0.3) is 0 Å². The summed E-state index contributed by atoms with van der Waals surface area (Å²) < 4.78 is 5.51. The van der Waals surface area contributed by atoms with Gasteiger partial charge >= 0.3 is 0 Å². The molecule has 2 heteroatoms. The zero-order valence-corrected chi connectivity index (χ0v) is 8.45. The van der Waals surface area contributed by atoms with E-state index in [2.05, 4.69) is 27.7 Å². The molecule has 0 unspecified atom stereocenters. The van der Waals surface area contributed by atoms with E-state index in [-0.39, 0.29) is 7.92 Å². The molecular weight excluding hydrogens is 143 g/mol. The van der Waals surface area contributed by atoms with Crippen molar-refractivity contribution in [1.82, 2.24) is 0 Å². The smallest absolute Gasteiger partial charge is 0.0662 e. The van der Waals surface area contributed by atoms with Crippen LogP contribution in [-0.2, 0) is 4.74 Å². The first-order chi connectivity index (χ1) is 4.70. The van der Waals surface area contributed by atoms with Gasteiger partial charge in [0.2, 0.25) is 0 Å². The molecule has 0 spiro atoms. The van der Waals surface area contributed by atoms with Gasteiger partial charge in [0, 0.05) is 0 Å². The van der Waals surface area contributed by atoms with Gasteiger partial charge in [-0.1, -0.05) is 21.8 Å². The second-order valence-corrected chi connectivity index (χ2v) is 5.51. The lowest BCUT2D eigenvalue weighted by Crippen LogP contribution is -2.04. The predicted molar refractivity (Wildman–Crippen MR) is 49.1 cm³/mol. The van der Waals surface area contributed by atoms with Gasteiger partial charge in [-0.3, -0.25) is 0 Å². The Morgan fingerprint density at radius 2 is 1.70 bits per heavy atom. The van der Waals surface area contributed by atoms with Gasteiger partial charge < -0.3 is 4.74 Å². The molecule has 0 rings (SSSR count). The predicted octanol–water partition coefficient (Wildman–Crippen LogP) is 2.89. The van der Waals surface area contributed by atoms with Gasteiger partial charge in [-0.05, 0) is 26.2 Å². The summed E-state index contributed by atoms with van der Waals surface area (Å²) in [5.74, 6) is 0. The maximum absolute atomic E-state index is 5.51. The van der Waals surface area contributed by atoms with Crippen molar-refractivity contribution in [3.8, 4) is 0 Å². The Morgan fingerprint density at radius 1 is 1.20 bits per heavy atom. The molecule has 62 valence electrons. The first-order valence-corrected chi connectivity index (χ1v) is 5.94. The van der Waals surface area contributed by atoms with E-state index in [9.17, 15) is 0 Å². The summed E-state index contributed by atoms with van der Waals surface area (Å²) in [6.07, 6.45) is 4.01. The van der Waals surface area contributed by atoms with Crippen LogP contribution in [0.4, 0.5) is 0 Å². The van der Waals surface area contributed by atoms with E-state index in [4.69, 9.17) is 4.74 Å². The third-order valence-electron chi connectivity index (χ3n) is 1.48. The largest absolute Gasteiger partial charge is 0.374 e. The highest BCUT2D eigenvalue weighted by molar-refractivity contribution is 7.57.